The molecule has 1 aromatic carbocycles. The maximum absolute atomic E-state index is 6.31. The van der Waals surface area contributed by atoms with E-state index in [1.54, 1.807) is 0 Å². The number of aromatic nitrogens is 2. The molecule has 1 heterocycles. The summed E-state index contributed by atoms with van der Waals surface area (Å²) < 4.78 is 8.05. The van der Waals surface area contributed by atoms with E-state index in [0.717, 1.165) is 35.4 Å². The third kappa shape index (κ3) is 2.78. The molecule has 1 aromatic heterocycles. The first kappa shape index (κ1) is 15.2. The van der Waals surface area contributed by atoms with Gasteiger partial charge in [0.15, 0.2) is 0 Å². The van der Waals surface area contributed by atoms with Gasteiger partial charge in [0.25, 0.3) is 0 Å². The van der Waals surface area contributed by atoms with Gasteiger partial charge in [0, 0.05) is 6.04 Å². The molecule has 0 saturated heterocycles. The molecule has 0 spiro atoms. The van der Waals surface area contributed by atoms with Crippen LogP contribution in [0.3, 0.4) is 0 Å². The van der Waals surface area contributed by atoms with Crippen molar-refractivity contribution in [2.75, 3.05) is 6.61 Å². The van der Waals surface area contributed by atoms with Crippen molar-refractivity contribution in [3.05, 3.63) is 24.0 Å². The van der Waals surface area contributed by atoms with Gasteiger partial charge in [-0.2, -0.15) is 0 Å². The van der Waals surface area contributed by atoms with E-state index in [2.05, 4.69) is 31.4 Å². The van der Waals surface area contributed by atoms with Crippen molar-refractivity contribution in [2.24, 2.45) is 0 Å². The minimum Gasteiger partial charge on any atom is -0.491 e. The summed E-state index contributed by atoms with van der Waals surface area (Å²) in [5, 5.41) is -0.115. The van der Waals surface area contributed by atoms with Crippen molar-refractivity contribution in [1.29, 1.82) is 0 Å². The third-order valence-electron chi connectivity index (χ3n) is 3.56. The summed E-state index contributed by atoms with van der Waals surface area (Å²) in [7, 11) is 0. The SMILES string of the molecule is CCCOc1cccc2c1nc(C(C)Cl)n2C(C)CC. The van der Waals surface area contributed by atoms with Crippen LogP contribution in [0.1, 0.15) is 57.8 Å². The summed E-state index contributed by atoms with van der Waals surface area (Å²) in [6.45, 7) is 9.15. The van der Waals surface area contributed by atoms with Crippen molar-refractivity contribution in [3.63, 3.8) is 0 Å². The molecule has 0 saturated carbocycles. The third-order valence-corrected chi connectivity index (χ3v) is 3.75. The zero-order valence-corrected chi connectivity index (χ0v) is 13.4. The van der Waals surface area contributed by atoms with Gasteiger partial charge in [0.05, 0.1) is 17.5 Å². The number of para-hydroxylation sites is 1. The van der Waals surface area contributed by atoms with Gasteiger partial charge in [-0.15, -0.1) is 11.6 Å². The second-order valence-electron chi connectivity index (χ2n) is 5.19. The Morgan fingerprint density at radius 3 is 2.65 bits per heavy atom. The molecule has 3 nitrogen and oxygen atoms in total. The zero-order valence-electron chi connectivity index (χ0n) is 12.7. The number of alkyl halides is 1. The van der Waals surface area contributed by atoms with Crippen LogP contribution in [0.4, 0.5) is 0 Å². The quantitative estimate of drug-likeness (QED) is 0.693. The summed E-state index contributed by atoms with van der Waals surface area (Å²) >= 11 is 6.31. The summed E-state index contributed by atoms with van der Waals surface area (Å²) in [5.74, 6) is 1.77. The highest BCUT2D eigenvalue weighted by molar-refractivity contribution is 6.20. The van der Waals surface area contributed by atoms with Crippen LogP contribution in [0.5, 0.6) is 5.75 Å². The van der Waals surface area contributed by atoms with Gasteiger partial charge in [-0.05, 0) is 38.8 Å². The van der Waals surface area contributed by atoms with Crippen molar-refractivity contribution in [3.8, 4) is 5.75 Å². The number of nitrogens with zero attached hydrogens (tertiary/aromatic N) is 2. The molecule has 2 atom stereocenters. The average molecular weight is 295 g/mol. The Bertz CT molecular complexity index is 577. The van der Waals surface area contributed by atoms with E-state index in [-0.39, 0.29) is 5.38 Å². The van der Waals surface area contributed by atoms with Crippen LogP contribution in [0.25, 0.3) is 11.0 Å². The van der Waals surface area contributed by atoms with Crippen LogP contribution in [0.15, 0.2) is 18.2 Å². The molecule has 0 aliphatic carbocycles. The number of fused-ring (bicyclic) bond motifs is 1. The van der Waals surface area contributed by atoms with Gasteiger partial charge >= 0.3 is 0 Å². The number of ether oxygens (including phenoxy) is 1. The Morgan fingerprint density at radius 2 is 2.05 bits per heavy atom. The molecule has 4 heteroatoms. The van der Waals surface area contributed by atoms with Crippen LogP contribution in [-0.2, 0) is 0 Å². The molecule has 0 fully saturated rings. The van der Waals surface area contributed by atoms with E-state index in [1.807, 2.05) is 19.1 Å². The minimum atomic E-state index is -0.115. The minimum absolute atomic E-state index is 0.115. The van der Waals surface area contributed by atoms with E-state index in [4.69, 9.17) is 21.3 Å². The molecule has 20 heavy (non-hydrogen) atoms. The second kappa shape index (κ2) is 6.49. The largest absolute Gasteiger partial charge is 0.491 e. The zero-order chi connectivity index (χ0) is 14.7. The van der Waals surface area contributed by atoms with Crippen molar-refractivity contribution in [1.82, 2.24) is 9.55 Å². The maximum Gasteiger partial charge on any atom is 0.147 e. The summed E-state index contributed by atoms with van der Waals surface area (Å²) in [6, 6.07) is 6.47. The van der Waals surface area contributed by atoms with Crippen LogP contribution in [0.2, 0.25) is 0 Å². The Labute approximate surface area is 125 Å². The highest BCUT2D eigenvalue weighted by atomic mass is 35.5. The predicted octanol–water partition coefficient (Wildman–Crippen LogP) is 5.10. The van der Waals surface area contributed by atoms with Gasteiger partial charge in [0.2, 0.25) is 0 Å². The van der Waals surface area contributed by atoms with E-state index >= 15 is 0 Å². The van der Waals surface area contributed by atoms with Gasteiger partial charge in [0.1, 0.15) is 17.1 Å². The standard InChI is InChI=1S/C16H23ClN2O/c1-5-10-20-14-9-7-8-13-15(14)18-16(12(4)17)19(13)11(3)6-2/h7-9,11-12H,5-6,10H2,1-4H3. The highest BCUT2D eigenvalue weighted by Crippen LogP contribution is 2.33. The van der Waals surface area contributed by atoms with E-state index in [9.17, 15) is 0 Å². The molecule has 0 radical (unpaired) electrons. The maximum atomic E-state index is 6.31. The molecule has 2 aromatic rings. The molecule has 0 bridgehead atoms. The molecule has 110 valence electrons. The van der Waals surface area contributed by atoms with E-state index in [0.29, 0.717) is 12.6 Å². The average Bonchev–Trinajstić information content (AvgIpc) is 2.84. The lowest BCUT2D eigenvalue weighted by Crippen LogP contribution is -2.08. The van der Waals surface area contributed by atoms with Crippen LogP contribution < -0.4 is 4.74 Å². The first-order valence-corrected chi connectivity index (χ1v) is 7.81. The van der Waals surface area contributed by atoms with E-state index < -0.39 is 0 Å². The molecule has 0 N–H and O–H groups in total. The number of rotatable bonds is 6. The number of benzene rings is 1. The summed E-state index contributed by atoms with van der Waals surface area (Å²) in [6.07, 6.45) is 2.03. The van der Waals surface area contributed by atoms with Gasteiger partial charge < -0.3 is 9.30 Å². The molecule has 0 aliphatic rings. The fourth-order valence-electron chi connectivity index (χ4n) is 2.36. The lowest BCUT2D eigenvalue weighted by molar-refractivity contribution is 0.320. The molecule has 0 aliphatic heterocycles. The van der Waals surface area contributed by atoms with Gasteiger partial charge in [-0.25, -0.2) is 4.98 Å². The summed E-state index contributed by atoms with van der Waals surface area (Å²) in [5.41, 5.74) is 2.03. The Balaban J connectivity index is 2.60. The number of hydrogen-bond acceptors (Lipinski definition) is 2. The number of hydrogen-bond donors (Lipinski definition) is 0. The monoisotopic (exact) mass is 294 g/mol. The number of imidazole rings is 1. The van der Waals surface area contributed by atoms with Crippen LogP contribution in [-0.4, -0.2) is 16.2 Å². The first-order chi connectivity index (χ1) is 9.60. The topological polar surface area (TPSA) is 27.1 Å². The van der Waals surface area contributed by atoms with Crippen LogP contribution in [0, 0.1) is 0 Å². The lowest BCUT2D eigenvalue weighted by atomic mass is 10.2. The Morgan fingerprint density at radius 1 is 1.30 bits per heavy atom. The fraction of sp³-hybridized carbons (Fsp3) is 0.562. The van der Waals surface area contributed by atoms with Crippen molar-refractivity contribution in [2.45, 2.75) is 52.0 Å². The smallest absolute Gasteiger partial charge is 0.147 e. The summed E-state index contributed by atoms with van der Waals surface area (Å²) in [4.78, 5) is 4.74. The molecular weight excluding hydrogens is 272 g/mol. The van der Waals surface area contributed by atoms with Crippen molar-refractivity contribution < 1.29 is 4.74 Å². The van der Waals surface area contributed by atoms with Crippen LogP contribution >= 0.6 is 11.6 Å². The molecule has 0 amide bonds. The predicted molar refractivity (Wildman–Crippen MR) is 84.8 cm³/mol. The molecule has 2 rings (SSSR count). The number of halogens is 1. The van der Waals surface area contributed by atoms with Crippen molar-refractivity contribution >= 4 is 22.6 Å². The first-order valence-electron chi connectivity index (χ1n) is 7.37. The Hall–Kier alpha value is -1.22. The highest BCUT2D eigenvalue weighted by Gasteiger charge is 2.20. The molecule has 2 unspecified atom stereocenters. The molecular formula is C16H23ClN2O. The second-order valence-corrected chi connectivity index (χ2v) is 5.84. The van der Waals surface area contributed by atoms with E-state index in [1.165, 1.54) is 0 Å². The lowest BCUT2D eigenvalue weighted by Gasteiger charge is -2.16. The normalized spacial score (nSPS) is 14.4. The van der Waals surface area contributed by atoms with Gasteiger partial charge in [-0.3, -0.25) is 0 Å². The fourth-order valence-corrected chi connectivity index (χ4v) is 2.52. The Kier molecular flexibility index (Phi) is 4.92. The van der Waals surface area contributed by atoms with Gasteiger partial charge in [-0.1, -0.05) is 19.9 Å².